The fourth-order valence-corrected chi connectivity index (χ4v) is 2.99. The molecule has 2 heterocycles. The molecule has 2 aromatic heterocycles. The summed E-state index contributed by atoms with van der Waals surface area (Å²) in [5.74, 6) is 1.22. The molecule has 7 nitrogen and oxygen atoms in total. The maximum atomic E-state index is 5.45. The highest BCUT2D eigenvalue weighted by Crippen LogP contribution is 2.23. The Hall–Kier alpha value is -3.32. The van der Waals surface area contributed by atoms with Gasteiger partial charge in [-0.05, 0) is 38.6 Å². The van der Waals surface area contributed by atoms with Gasteiger partial charge in [-0.1, -0.05) is 47.1 Å². The monoisotopic (exact) mass is 374 g/mol. The van der Waals surface area contributed by atoms with Gasteiger partial charge in [0, 0.05) is 11.6 Å². The summed E-state index contributed by atoms with van der Waals surface area (Å²) in [5.41, 5.74) is 4.34. The molecular weight excluding hydrogens is 352 g/mol. The van der Waals surface area contributed by atoms with Crippen LogP contribution in [0.2, 0.25) is 0 Å². The van der Waals surface area contributed by atoms with Crippen LogP contribution in [0.15, 0.2) is 65.7 Å². The van der Waals surface area contributed by atoms with E-state index in [9.17, 15) is 0 Å². The van der Waals surface area contributed by atoms with Crippen LogP contribution in [0.25, 0.3) is 17.1 Å². The summed E-state index contributed by atoms with van der Waals surface area (Å²) in [6.45, 7) is 4.78. The highest BCUT2D eigenvalue weighted by molar-refractivity contribution is 5.54. The molecule has 4 aromatic rings. The number of hydrogen-bond acceptors (Lipinski definition) is 6. The fourth-order valence-electron chi connectivity index (χ4n) is 2.99. The minimum Gasteiger partial charge on any atom is -0.338 e. The van der Waals surface area contributed by atoms with Crippen molar-refractivity contribution in [2.75, 3.05) is 7.05 Å². The Morgan fingerprint density at radius 3 is 2.50 bits per heavy atom. The molecule has 0 saturated carbocycles. The molecule has 2 aromatic carbocycles. The Kier molecular flexibility index (Phi) is 4.99. The van der Waals surface area contributed by atoms with Gasteiger partial charge in [0.2, 0.25) is 11.7 Å². The number of benzene rings is 2. The van der Waals surface area contributed by atoms with E-state index >= 15 is 0 Å². The van der Waals surface area contributed by atoms with Crippen LogP contribution in [-0.2, 0) is 6.54 Å². The van der Waals surface area contributed by atoms with Crippen LogP contribution in [0.1, 0.15) is 30.0 Å². The summed E-state index contributed by atoms with van der Waals surface area (Å²) in [5, 5.41) is 8.26. The summed E-state index contributed by atoms with van der Waals surface area (Å²) < 4.78 is 7.19. The molecule has 0 N–H and O–H groups in total. The normalized spacial score (nSPS) is 12.4. The predicted molar refractivity (Wildman–Crippen MR) is 106 cm³/mol. The lowest BCUT2D eigenvalue weighted by atomic mass is 10.1. The molecule has 0 saturated heterocycles. The average Bonchev–Trinajstić information content (AvgIpc) is 3.40. The minimum absolute atomic E-state index is 0.194. The smallest absolute Gasteiger partial charge is 0.241 e. The van der Waals surface area contributed by atoms with E-state index in [1.54, 1.807) is 11.0 Å². The second-order valence-corrected chi connectivity index (χ2v) is 6.90. The Morgan fingerprint density at radius 2 is 1.82 bits per heavy atom. The molecule has 0 bridgehead atoms. The molecule has 0 spiro atoms. The van der Waals surface area contributed by atoms with E-state index in [4.69, 9.17) is 4.52 Å². The van der Waals surface area contributed by atoms with E-state index < -0.39 is 0 Å². The number of rotatable bonds is 6. The van der Waals surface area contributed by atoms with Gasteiger partial charge in [0.1, 0.15) is 12.7 Å². The van der Waals surface area contributed by atoms with E-state index in [-0.39, 0.29) is 6.04 Å². The molecule has 0 aliphatic heterocycles. The fraction of sp³-hybridized carbons (Fsp3) is 0.238. The van der Waals surface area contributed by atoms with Gasteiger partial charge in [-0.2, -0.15) is 10.1 Å². The SMILES string of the molecule is Cc1ccc(-c2noc(CN(C)[C@@H](C)c3ccc(-n4cncn4)cc3)n2)cc1. The van der Waals surface area contributed by atoms with Crippen molar-refractivity contribution in [3.8, 4) is 17.1 Å². The van der Waals surface area contributed by atoms with Gasteiger partial charge in [0.05, 0.1) is 12.2 Å². The molecule has 0 aliphatic rings. The number of hydrogen-bond donors (Lipinski definition) is 0. The lowest BCUT2D eigenvalue weighted by Crippen LogP contribution is -2.22. The minimum atomic E-state index is 0.194. The third-order valence-electron chi connectivity index (χ3n) is 4.88. The standard InChI is InChI=1S/C21H22N6O/c1-15-4-6-18(7-5-15)21-24-20(28-25-21)12-26(3)16(2)17-8-10-19(11-9-17)27-14-22-13-23-27/h4-11,13-14,16H,12H2,1-3H3/t16-/m0/s1. The highest BCUT2D eigenvalue weighted by Gasteiger charge is 2.16. The quantitative estimate of drug-likeness (QED) is 0.511. The Balaban J connectivity index is 1.43. The Morgan fingerprint density at radius 1 is 1.07 bits per heavy atom. The molecule has 28 heavy (non-hydrogen) atoms. The molecule has 0 unspecified atom stereocenters. The zero-order chi connectivity index (χ0) is 19.5. The second kappa shape index (κ2) is 7.74. The topological polar surface area (TPSA) is 72.9 Å². The van der Waals surface area contributed by atoms with Crippen molar-refractivity contribution in [2.45, 2.75) is 26.4 Å². The van der Waals surface area contributed by atoms with Crippen molar-refractivity contribution in [3.05, 3.63) is 78.2 Å². The third kappa shape index (κ3) is 3.84. The molecular formula is C21H22N6O. The van der Waals surface area contributed by atoms with Gasteiger partial charge in [-0.25, -0.2) is 9.67 Å². The summed E-state index contributed by atoms with van der Waals surface area (Å²) in [4.78, 5) is 10.7. The van der Waals surface area contributed by atoms with E-state index in [0.29, 0.717) is 18.3 Å². The van der Waals surface area contributed by atoms with Gasteiger partial charge in [-0.3, -0.25) is 4.90 Å². The first kappa shape index (κ1) is 18.1. The zero-order valence-electron chi connectivity index (χ0n) is 16.1. The van der Waals surface area contributed by atoms with Gasteiger partial charge in [0.15, 0.2) is 0 Å². The van der Waals surface area contributed by atoms with Crippen LogP contribution in [-0.4, -0.2) is 36.9 Å². The van der Waals surface area contributed by atoms with Crippen LogP contribution < -0.4 is 0 Å². The molecule has 1 atom stereocenters. The van der Waals surface area contributed by atoms with Gasteiger partial charge in [0.25, 0.3) is 0 Å². The molecule has 0 fully saturated rings. The number of nitrogens with zero attached hydrogens (tertiary/aromatic N) is 6. The molecule has 0 amide bonds. The molecule has 142 valence electrons. The van der Waals surface area contributed by atoms with Crippen molar-refractivity contribution >= 4 is 0 Å². The molecule has 0 radical (unpaired) electrons. The Labute approximate surface area is 163 Å². The van der Waals surface area contributed by atoms with Crippen molar-refractivity contribution in [1.29, 1.82) is 0 Å². The van der Waals surface area contributed by atoms with Crippen LogP contribution in [0, 0.1) is 6.92 Å². The van der Waals surface area contributed by atoms with Crippen LogP contribution in [0.5, 0.6) is 0 Å². The van der Waals surface area contributed by atoms with E-state index in [1.165, 1.54) is 17.5 Å². The second-order valence-electron chi connectivity index (χ2n) is 6.90. The maximum Gasteiger partial charge on any atom is 0.241 e. The van der Waals surface area contributed by atoms with Gasteiger partial charge >= 0.3 is 0 Å². The number of aromatic nitrogens is 5. The molecule has 4 rings (SSSR count). The van der Waals surface area contributed by atoms with Gasteiger partial charge < -0.3 is 4.52 Å². The third-order valence-corrected chi connectivity index (χ3v) is 4.88. The average molecular weight is 374 g/mol. The highest BCUT2D eigenvalue weighted by atomic mass is 16.5. The van der Waals surface area contributed by atoms with Crippen LogP contribution in [0.3, 0.4) is 0 Å². The first-order valence-corrected chi connectivity index (χ1v) is 9.15. The van der Waals surface area contributed by atoms with Crippen molar-refractivity contribution in [2.24, 2.45) is 0 Å². The largest absolute Gasteiger partial charge is 0.338 e. The van der Waals surface area contributed by atoms with Gasteiger partial charge in [-0.15, -0.1) is 0 Å². The lowest BCUT2D eigenvalue weighted by molar-refractivity contribution is 0.216. The molecule has 7 heteroatoms. The summed E-state index contributed by atoms with van der Waals surface area (Å²) >= 11 is 0. The maximum absolute atomic E-state index is 5.45. The van der Waals surface area contributed by atoms with Crippen molar-refractivity contribution in [1.82, 2.24) is 29.8 Å². The van der Waals surface area contributed by atoms with E-state index in [1.807, 2.05) is 43.4 Å². The van der Waals surface area contributed by atoms with Crippen LogP contribution >= 0.6 is 0 Å². The van der Waals surface area contributed by atoms with E-state index in [2.05, 4.69) is 51.1 Å². The summed E-state index contributed by atoms with van der Waals surface area (Å²) in [6, 6.07) is 16.6. The summed E-state index contributed by atoms with van der Waals surface area (Å²) in [7, 11) is 2.05. The van der Waals surface area contributed by atoms with Crippen LogP contribution in [0.4, 0.5) is 0 Å². The van der Waals surface area contributed by atoms with E-state index in [0.717, 1.165) is 11.3 Å². The lowest BCUT2D eigenvalue weighted by Gasteiger charge is -2.23. The van der Waals surface area contributed by atoms with Crippen molar-refractivity contribution < 1.29 is 4.52 Å². The first-order valence-electron chi connectivity index (χ1n) is 9.15. The molecule has 0 aliphatic carbocycles. The summed E-state index contributed by atoms with van der Waals surface area (Å²) in [6.07, 6.45) is 3.21. The Bertz CT molecular complexity index is 1020. The van der Waals surface area contributed by atoms with Crippen molar-refractivity contribution in [3.63, 3.8) is 0 Å². The first-order chi connectivity index (χ1) is 13.6. The predicted octanol–water partition coefficient (Wildman–Crippen LogP) is 3.82. The zero-order valence-corrected chi connectivity index (χ0v) is 16.1. The number of aryl methyl sites for hydroxylation is 1.